The zero-order valence-electron chi connectivity index (χ0n) is 10.3. The van der Waals surface area contributed by atoms with Crippen molar-refractivity contribution in [2.75, 3.05) is 0 Å². The lowest BCUT2D eigenvalue weighted by Crippen LogP contribution is -2.23. The van der Waals surface area contributed by atoms with Crippen molar-refractivity contribution in [1.82, 2.24) is 9.71 Å². The van der Waals surface area contributed by atoms with Gasteiger partial charge in [0.15, 0.2) is 0 Å². The van der Waals surface area contributed by atoms with Gasteiger partial charge in [-0.2, -0.15) is 0 Å². The van der Waals surface area contributed by atoms with Crippen LogP contribution < -0.4 is 4.72 Å². The maximum Gasteiger partial charge on any atom is 0.240 e. The minimum atomic E-state index is -3.51. The van der Waals surface area contributed by atoms with Crippen molar-refractivity contribution in [3.05, 3.63) is 58.3 Å². The summed E-state index contributed by atoms with van der Waals surface area (Å²) >= 11 is 3.30. The van der Waals surface area contributed by atoms with Crippen LogP contribution in [0.3, 0.4) is 0 Å². The molecule has 0 saturated carbocycles. The lowest BCUT2D eigenvalue weighted by atomic mass is 10.2. The van der Waals surface area contributed by atoms with Gasteiger partial charge in [0.2, 0.25) is 10.0 Å². The molecule has 2 rings (SSSR count). The third kappa shape index (κ3) is 3.86. The summed E-state index contributed by atoms with van der Waals surface area (Å²) in [6.45, 7) is 2.08. The Kier molecular flexibility index (Phi) is 4.34. The number of pyridine rings is 1. The van der Waals surface area contributed by atoms with Gasteiger partial charge in [-0.25, -0.2) is 13.1 Å². The van der Waals surface area contributed by atoms with Crippen LogP contribution in [0, 0.1) is 6.92 Å². The Morgan fingerprint density at radius 2 is 2.11 bits per heavy atom. The number of hydrogen-bond donors (Lipinski definition) is 1. The van der Waals surface area contributed by atoms with Crippen LogP contribution in [0.4, 0.5) is 0 Å². The van der Waals surface area contributed by atoms with Gasteiger partial charge in [-0.15, -0.1) is 0 Å². The van der Waals surface area contributed by atoms with Crippen LogP contribution in [-0.4, -0.2) is 13.4 Å². The Morgan fingerprint density at radius 3 is 2.74 bits per heavy atom. The molecule has 1 N–H and O–H groups in total. The summed E-state index contributed by atoms with van der Waals surface area (Å²) in [4.78, 5) is 4.20. The standard InChI is InChI=1S/C13H13BrN2O2S/c1-10-5-12(14)7-13(6-10)19(17,18)16-9-11-3-2-4-15-8-11/h2-8,16H,9H2,1H3. The second-order valence-corrected chi connectivity index (χ2v) is 6.83. The van der Waals surface area contributed by atoms with E-state index in [1.165, 1.54) is 0 Å². The highest BCUT2D eigenvalue weighted by atomic mass is 79.9. The molecule has 6 heteroatoms. The second kappa shape index (κ2) is 5.81. The van der Waals surface area contributed by atoms with E-state index in [1.54, 1.807) is 30.6 Å². The van der Waals surface area contributed by atoms with Crippen LogP contribution in [0.15, 0.2) is 52.1 Å². The molecule has 0 amide bonds. The molecule has 0 atom stereocenters. The van der Waals surface area contributed by atoms with Crippen LogP contribution in [0.1, 0.15) is 11.1 Å². The molecule has 4 nitrogen and oxygen atoms in total. The molecule has 0 radical (unpaired) electrons. The van der Waals surface area contributed by atoms with E-state index in [4.69, 9.17) is 0 Å². The van der Waals surface area contributed by atoms with E-state index in [9.17, 15) is 8.42 Å². The lowest BCUT2D eigenvalue weighted by molar-refractivity contribution is 0.581. The topological polar surface area (TPSA) is 59.1 Å². The molecular formula is C13H13BrN2O2S. The van der Waals surface area contributed by atoms with Gasteiger partial charge in [-0.3, -0.25) is 4.98 Å². The van der Waals surface area contributed by atoms with Crippen LogP contribution in [0.25, 0.3) is 0 Å². The van der Waals surface area contributed by atoms with Gasteiger partial charge in [0.05, 0.1) is 4.90 Å². The van der Waals surface area contributed by atoms with Crippen molar-refractivity contribution < 1.29 is 8.42 Å². The van der Waals surface area contributed by atoms with Gasteiger partial charge in [-0.05, 0) is 42.3 Å². The maximum absolute atomic E-state index is 12.2. The molecule has 1 heterocycles. The van der Waals surface area contributed by atoms with Crippen LogP contribution in [-0.2, 0) is 16.6 Å². The molecule has 0 spiro atoms. The number of aryl methyl sites for hydroxylation is 1. The minimum absolute atomic E-state index is 0.224. The lowest BCUT2D eigenvalue weighted by Gasteiger charge is -2.08. The summed E-state index contributed by atoms with van der Waals surface area (Å²) in [6.07, 6.45) is 3.28. The van der Waals surface area contributed by atoms with Gasteiger partial charge in [0.25, 0.3) is 0 Å². The molecule has 0 fully saturated rings. The van der Waals surface area contributed by atoms with Crippen molar-refractivity contribution in [1.29, 1.82) is 0 Å². The molecular weight excluding hydrogens is 328 g/mol. The fraction of sp³-hybridized carbons (Fsp3) is 0.154. The monoisotopic (exact) mass is 340 g/mol. The Bertz CT molecular complexity index is 652. The number of rotatable bonds is 4. The van der Waals surface area contributed by atoms with E-state index >= 15 is 0 Å². The minimum Gasteiger partial charge on any atom is -0.264 e. The third-order valence-electron chi connectivity index (χ3n) is 2.52. The largest absolute Gasteiger partial charge is 0.264 e. The van der Waals surface area contributed by atoms with E-state index in [0.717, 1.165) is 15.6 Å². The first-order chi connectivity index (χ1) is 8.97. The van der Waals surface area contributed by atoms with Crippen LogP contribution in [0.5, 0.6) is 0 Å². The summed E-state index contributed by atoms with van der Waals surface area (Å²) in [5.41, 5.74) is 1.70. The number of halogens is 1. The van der Waals surface area contributed by atoms with E-state index in [0.29, 0.717) is 0 Å². The van der Waals surface area contributed by atoms with E-state index in [2.05, 4.69) is 25.6 Å². The summed E-state index contributed by atoms with van der Waals surface area (Å²) in [5, 5.41) is 0. The average molecular weight is 341 g/mol. The molecule has 0 saturated heterocycles. The van der Waals surface area contributed by atoms with Gasteiger partial charge in [0, 0.05) is 23.4 Å². The molecule has 0 aliphatic carbocycles. The predicted octanol–water partition coefficient (Wildman–Crippen LogP) is 2.63. The molecule has 100 valence electrons. The Hall–Kier alpha value is -1.24. The van der Waals surface area contributed by atoms with Gasteiger partial charge < -0.3 is 0 Å². The van der Waals surface area contributed by atoms with Crippen molar-refractivity contribution in [2.24, 2.45) is 0 Å². The van der Waals surface area contributed by atoms with Gasteiger partial charge >= 0.3 is 0 Å². The highest BCUT2D eigenvalue weighted by Crippen LogP contribution is 2.19. The molecule has 2 aromatic rings. The Balaban J connectivity index is 2.19. The van der Waals surface area contributed by atoms with Crippen molar-refractivity contribution >= 4 is 26.0 Å². The quantitative estimate of drug-likeness (QED) is 0.930. The summed E-state index contributed by atoms with van der Waals surface area (Å²) in [6, 6.07) is 8.67. The summed E-state index contributed by atoms with van der Waals surface area (Å²) < 4.78 is 27.6. The number of nitrogens with one attached hydrogen (secondary N) is 1. The first-order valence-electron chi connectivity index (χ1n) is 5.63. The molecule has 1 aromatic carbocycles. The van der Waals surface area contributed by atoms with Crippen molar-refractivity contribution in [3.8, 4) is 0 Å². The summed E-state index contributed by atoms with van der Waals surface area (Å²) in [5.74, 6) is 0. The number of nitrogens with zero attached hydrogens (tertiary/aromatic N) is 1. The van der Waals surface area contributed by atoms with E-state index in [1.807, 2.05) is 19.1 Å². The molecule has 0 aliphatic rings. The number of sulfonamides is 1. The zero-order valence-corrected chi connectivity index (χ0v) is 12.7. The number of aromatic nitrogens is 1. The maximum atomic E-state index is 12.2. The SMILES string of the molecule is Cc1cc(Br)cc(S(=O)(=O)NCc2cccnc2)c1. The van der Waals surface area contributed by atoms with Crippen LogP contribution >= 0.6 is 15.9 Å². The van der Waals surface area contributed by atoms with E-state index in [-0.39, 0.29) is 11.4 Å². The summed E-state index contributed by atoms with van der Waals surface area (Å²) in [7, 11) is -3.51. The smallest absolute Gasteiger partial charge is 0.240 e. The molecule has 0 aliphatic heterocycles. The van der Waals surface area contributed by atoms with Crippen LogP contribution in [0.2, 0.25) is 0 Å². The number of hydrogen-bond acceptors (Lipinski definition) is 3. The molecule has 0 bridgehead atoms. The average Bonchev–Trinajstić information content (AvgIpc) is 2.37. The van der Waals surface area contributed by atoms with E-state index < -0.39 is 10.0 Å². The van der Waals surface area contributed by atoms with Gasteiger partial charge in [-0.1, -0.05) is 22.0 Å². The highest BCUT2D eigenvalue weighted by Gasteiger charge is 2.14. The first-order valence-corrected chi connectivity index (χ1v) is 7.91. The zero-order chi connectivity index (χ0) is 13.9. The molecule has 0 unspecified atom stereocenters. The van der Waals surface area contributed by atoms with Crippen molar-refractivity contribution in [3.63, 3.8) is 0 Å². The third-order valence-corrected chi connectivity index (χ3v) is 4.35. The molecule has 1 aromatic heterocycles. The fourth-order valence-electron chi connectivity index (χ4n) is 1.62. The van der Waals surface area contributed by atoms with Gasteiger partial charge in [0.1, 0.15) is 0 Å². The first kappa shape index (κ1) is 14.2. The normalized spacial score (nSPS) is 11.5. The fourth-order valence-corrected chi connectivity index (χ4v) is 3.53. The molecule has 19 heavy (non-hydrogen) atoms. The Labute approximate surface area is 121 Å². The number of benzene rings is 1. The van der Waals surface area contributed by atoms with Crippen molar-refractivity contribution in [2.45, 2.75) is 18.4 Å². The Morgan fingerprint density at radius 1 is 1.32 bits per heavy atom. The second-order valence-electron chi connectivity index (χ2n) is 4.15. The highest BCUT2D eigenvalue weighted by molar-refractivity contribution is 9.10. The predicted molar refractivity (Wildman–Crippen MR) is 77.1 cm³/mol.